The molecular formula is C40H28Cl3F6IN6O6. The summed E-state index contributed by atoms with van der Waals surface area (Å²) in [5.41, 5.74) is -0.841. The van der Waals surface area contributed by atoms with Crippen molar-refractivity contribution < 1.29 is 55.4 Å². The van der Waals surface area contributed by atoms with Gasteiger partial charge in [0.1, 0.15) is 5.69 Å². The number of imide groups is 2. The number of fused-ring (bicyclic) bond motifs is 4. The lowest BCUT2D eigenvalue weighted by atomic mass is 9.49. The van der Waals surface area contributed by atoms with Crippen LogP contribution in [0.4, 0.5) is 38.0 Å². The molecule has 62 heavy (non-hydrogen) atoms. The first-order valence-corrected chi connectivity index (χ1v) is 20.6. The Hall–Kier alpha value is -4.86. The fourth-order valence-corrected chi connectivity index (χ4v) is 10.5. The lowest BCUT2D eigenvalue weighted by Crippen LogP contribution is -2.53. The van der Waals surface area contributed by atoms with Gasteiger partial charge in [0, 0.05) is 24.2 Å². The number of aromatic nitrogens is 2. The Balaban J connectivity index is 1.30. The number of hydrogen-bond acceptors (Lipinski definition) is 10. The summed E-state index contributed by atoms with van der Waals surface area (Å²) in [6.45, 7) is 0. The van der Waals surface area contributed by atoms with Gasteiger partial charge in [0.2, 0.25) is 0 Å². The number of halogens is 10. The van der Waals surface area contributed by atoms with Crippen LogP contribution in [0.15, 0.2) is 72.4 Å². The van der Waals surface area contributed by atoms with Crippen LogP contribution in [0.1, 0.15) is 41.1 Å². The second-order valence-electron chi connectivity index (χ2n) is 15.0. The maximum absolute atomic E-state index is 15.4. The topological polar surface area (TPSA) is 145 Å². The zero-order valence-electron chi connectivity index (χ0n) is 31.7. The number of anilines is 2. The van der Waals surface area contributed by atoms with Crippen molar-refractivity contribution in [3.8, 4) is 11.5 Å². The zero-order chi connectivity index (χ0) is 45.0. The number of alkyl halides is 6. The van der Waals surface area contributed by atoms with Crippen LogP contribution >= 0.6 is 57.4 Å². The molecule has 2 aliphatic carbocycles. The first kappa shape index (κ1) is 43.8. The molecule has 4 aliphatic rings. The van der Waals surface area contributed by atoms with Gasteiger partial charge in [-0.1, -0.05) is 58.6 Å². The van der Waals surface area contributed by atoms with Crippen molar-refractivity contribution in [1.29, 1.82) is 0 Å². The number of nitrogens with one attached hydrogen (secondary N) is 1. The number of ether oxygens (including phenoxy) is 1. The summed E-state index contributed by atoms with van der Waals surface area (Å²) in [5.74, 6) is -10.5. The van der Waals surface area contributed by atoms with Gasteiger partial charge in [0.25, 0.3) is 23.6 Å². The molecule has 2 saturated heterocycles. The lowest BCUT2D eigenvalue weighted by molar-refractivity contribution is -0.142. The molecule has 12 nitrogen and oxygen atoms in total. The molecule has 0 spiro atoms. The molecule has 4 amide bonds. The molecule has 3 fully saturated rings. The first-order chi connectivity index (χ1) is 29.1. The monoisotopic (exact) mass is 1030 g/mol. The summed E-state index contributed by atoms with van der Waals surface area (Å²) in [5, 5.41) is 12.5. The normalized spacial score (nSPS) is 24.8. The SMILES string of the molecule is COc1cc(C2C3=CCC4C(=O)N(N(C)c5nc(C(F)(F)F)ccc5Cl)C(=O)C4C3CC3C(=O)N(Nc4ncc(C(F)(F)F)cc4Cl)C(=O)C32c2ccc(Cl)cc2)cc(I)c1O. The fraction of sp³-hybridized carbons (Fsp3) is 0.300. The van der Waals surface area contributed by atoms with Crippen LogP contribution < -0.4 is 15.2 Å². The van der Waals surface area contributed by atoms with Crippen LogP contribution in [0, 0.1) is 27.2 Å². The molecule has 4 aromatic rings. The highest BCUT2D eigenvalue weighted by Gasteiger charge is 2.71. The van der Waals surface area contributed by atoms with Gasteiger partial charge in [-0.05, 0) is 94.9 Å². The number of amides is 4. The van der Waals surface area contributed by atoms with E-state index in [2.05, 4.69) is 15.4 Å². The van der Waals surface area contributed by atoms with Crippen LogP contribution in [-0.4, -0.2) is 62.9 Å². The minimum Gasteiger partial charge on any atom is -0.504 e. The van der Waals surface area contributed by atoms with Crippen LogP contribution in [0.25, 0.3) is 0 Å². The predicted octanol–water partition coefficient (Wildman–Crippen LogP) is 8.83. The van der Waals surface area contributed by atoms with Gasteiger partial charge < -0.3 is 9.84 Å². The van der Waals surface area contributed by atoms with Crippen LogP contribution in [0.3, 0.4) is 0 Å². The molecule has 22 heteroatoms. The molecule has 6 unspecified atom stereocenters. The average Bonchev–Trinajstić information content (AvgIpc) is 3.59. The van der Waals surface area contributed by atoms with E-state index in [0.29, 0.717) is 39.5 Å². The van der Waals surface area contributed by atoms with Gasteiger partial charge >= 0.3 is 12.4 Å². The number of hydrogen-bond donors (Lipinski definition) is 2. The molecule has 2 aromatic carbocycles. The minimum atomic E-state index is -4.89. The Morgan fingerprint density at radius 2 is 1.61 bits per heavy atom. The van der Waals surface area contributed by atoms with E-state index in [9.17, 15) is 45.8 Å². The van der Waals surface area contributed by atoms with Crippen molar-refractivity contribution in [2.24, 2.45) is 23.7 Å². The number of nitrogens with zero attached hydrogens (tertiary/aromatic N) is 5. The van der Waals surface area contributed by atoms with Crippen molar-refractivity contribution in [1.82, 2.24) is 20.0 Å². The molecular weight excluding hydrogens is 1010 g/mol. The number of methoxy groups -OCH3 is 1. The van der Waals surface area contributed by atoms with Gasteiger partial charge in [0.05, 0.1) is 49.5 Å². The number of aromatic hydroxyl groups is 1. The standard InChI is InChI=1S/C40H28Cl3F6IN6O6/c1-54(33-24(42)9-10-28(52-33)40(47,48)49)56-34(58)21-8-7-20-22(29(21)36(56)60)14-23-35(59)55(53-32-25(43)13-18(15-51-32)39(44,45)46)37(61)38(23,17-3-5-19(41)6-4-17)30(20)16-11-26(50)31(57)27(12-16)62-2/h3-7,9-13,15,21-23,29-30,57H,8,14H2,1-2H3,(H,51,53). The minimum absolute atomic E-state index is 0.0102. The van der Waals surface area contributed by atoms with E-state index < -0.39 is 98.9 Å². The molecule has 2 N–H and O–H groups in total. The van der Waals surface area contributed by atoms with Crippen molar-refractivity contribution in [2.75, 3.05) is 24.6 Å². The Bertz CT molecular complexity index is 2620. The Morgan fingerprint density at radius 1 is 0.919 bits per heavy atom. The van der Waals surface area contributed by atoms with E-state index in [1.807, 2.05) is 22.6 Å². The Morgan fingerprint density at radius 3 is 2.24 bits per heavy atom. The third-order valence-corrected chi connectivity index (χ3v) is 13.5. The largest absolute Gasteiger partial charge is 0.504 e. The van der Waals surface area contributed by atoms with E-state index in [-0.39, 0.29) is 43.5 Å². The Kier molecular flexibility index (Phi) is 10.9. The van der Waals surface area contributed by atoms with Crippen LogP contribution in [0.2, 0.25) is 15.1 Å². The number of phenols is 1. The molecule has 0 bridgehead atoms. The summed E-state index contributed by atoms with van der Waals surface area (Å²) >= 11 is 20.7. The van der Waals surface area contributed by atoms with Gasteiger partial charge in [-0.25, -0.2) is 9.97 Å². The molecule has 2 aliphatic heterocycles. The van der Waals surface area contributed by atoms with E-state index in [0.717, 1.165) is 11.1 Å². The van der Waals surface area contributed by atoms with Gasteiger partial charge in [0.15, 0.2) is 23.1 Å². The fourth-order valence-electron chi connectivity index (χ4n) is 9.26. The highest BCUT2D eigenvalue weighted by molar-refractivity contribution is 14.1. The van der Waals surface area contributed by atoms with Gasteiger partial charge in [-0.2, -0.15) is 36.4 Å². The quantitative estimate of drug-likeness (QED) is 0.0798. The second kappa shape index (κ2) is 15.4. The third-order valence-electron chi connectivity index (χ3n) is 11.9. The van der Waals surface area contributed by atoms with Crippen molar-refractivity contribution >= 4 is 92.7 Å². The van der Waals surface area contributed by atoms with E-state index in [1.165, 1.54) is 32.4 Å². The number of carbonyl (C=O) groups excluding carboxylic acids is 4. The molecule has 4 heterocycles. The number of benzene rings is 2. The van der Waals surface area contributed by atoms with Crippen LogP contribution in [-0.2, 0) is 36.9 Å². The molecule has 6 atom stereocenters. The third kappa shape index (κ3) is 6.80. The van der Waals surface area contributed by atoms with Crippen molar-refractivity contribution in [3.05, 3.63) is 113 Å². The number of hydrazine groups is 2. The van der Waals surface area contributed by atoms with Crippen molar-refractivity contribution in [3.63, 3.8) is 0 Å². The van der Waals surface area contributed by atoms with Crippen LogP contribution in [0.5, 0.6) is 11.5 Å². The number of allylic oxidation sites excluding steroid dienone is 2. The van der Waals surface area contributed by atoms with Gasteiger partial charge in [-0.3, -0.25) is 29.6 Å². The maximum Gasteiger partial charge on any atom is 0.433 e. The van der Waals surface area contributed by atoms with E-state index in [4.69, 9.17) is 39.5 Å². The van der Waals surface area contributed by atoms with Gasteiger partial charge in [-0.15, -0.1) is 0 Å². The molecule has 2 aromatic heterocycles. The highest BCUT2D eigenvalue weighted by atomic mass is 127. The molecule has 8 rings (SSSR count). The molecule has 1 saturated carbocycles. The smallest absolute Gasteiger partial charge is 0.433 e. The summed E-state index contributed by atoms with van der Waals surface area (Å²) < 4.78 is 87.7. The molecule has 0 radical (unpaired) electrons. The predicted molar refractivity (Wildman–Crippen MR) is 219 cm³/mol. The lowest BCUT2D eigenvalue weighted by Gasteiger charge is -2.50. The van der Waals surface area contributed by atoms with E-state index >= 15 is 4.79 Å². The number of pyridine rings is 2. The van der Waals surface area contributed by atoms with Crippen molar-refractivity contribution in [2.45, 2.75) is 36.5 Å². The summed E-state index contributed by atoms with van der Waals surface area (Å²) in [4.78, 5) is 66.8. The summed E-state index contributed by atoms with van der Waals surface area (Å²) in [6, 6.07) is 11.3. The number of rotatable bonds is 7. The maximum atomic E-state index is 15.4. The van der Waals surface area contributed by atoms with E-state index in [1.54, 1.807) is 24.3 Å². The highest BCUT2D eigenvalue weighted by Crippen LogP contribution is 2.65. The molecule has 324 valence electrons. The zero-order valence-corrected chi connectivity index (χ0v) is 36.1. The number of phenolic OH excluding ortho intramolecular Hbond substituents is 1. The first-order valence-electron chi connectivity index (χ1n) is 18.4. The Labute approximate surface area is 375 Å². The summed E-state index contributed by atoms with van der Waals surface area (Å²) in [7, 11) is 2.47. The second-order valence-corrected chi connectivity index (χ2v) is 17.4. The summed E-state index contributed by atoms with van der Waals surface area (Å²) in [6.07, 6.45) is -7.89. The average molecular weight is 1040 g/mol. The number of carbonyl (C=O) groups is 4.